The second-order valence-corrected chi connectivity index (χ2v) is 6.15. The Balaban J connectivity index is 2.26. The van der Waals surface area contributed by atoms with Crippen molar-refractivity contribution in [2.45, 2.75) is 6.92 Å². The van der Waals surface area contributed by atoms with Crippen molar-refractivity contribution in [1.29, 1.82) is 0 Å². The van der Waals surface area contributed by atoms with E-state index in [0.29, 0.717) is 11.0 Å². The summed E-state index contributed by atoms with van der Waals surface area (Å²) in [5.74, 6) is -5.42. The summed E-state index contributed by atoms with van der Waals surface area (Å²) in [7, 11) is 0. The second kappa shape index (κ2) is 8.82. The van der Waals surface area contributed by atoms with Crippen LogP contribution in [0.2, 0.25) is 0 Å². The Bertz CT molecular complexity index is 1150. The van der Waals surface area contributed by atoms with E-state index in [1.165, 1.54) is 0 Å². The molecule has 0 atom stereocenters. The van der Waals surface area contributed by atoms with Crippen molar-refractivity contribution in [2.24, 2.45) is 5.73 Å². The van der Waals surface area contributed by atoms with Crippen LogP contribution in [-0.4, -0.2) is 23.6 Å². The average Bonchev–Trinajstić information content (AvgIpc) is 2.70. The predicted molar refractivity (Wildman–Crippen MR) is 104 cm³/mol. The lowest BCUT2D eigenvalue weighted by Gasteiger charge is -2.22. The van der Waals surface area contributed by atoms with Gasteiger partial charge in [-0.15, -0.1) is 0 Å². The quantitative estimate of drug-likeness (QED) is 0.467. The molecule has 0 fully saturated rings. The number of ether oxygens (including phenoxy) is 1. The molecule has 3 aromatic rings. The number of hydrogen-bond acceptors (Lipinski definition) is 4. The molecule has 0 unspecified atom stereocenters. The molecule has 2 amide bonds. The lowest BCUT2D eigenvalue weighted by Crippen LogP contribution is -2.33. The van der Waals surface area contributed by atoms with Gasteiger partial charge in [0.15, 0.2) is 0 Å². The number of pyridine rings is 1. The van der Waals surface area contributed by atoms with E-state index in [1.807, 2.05) is 0 Å². The van der Waals surface area contributed by atoms with E-state index in [1.54, 1.807) is 6.92 Å². The van der Waals surface area contributed by atoms with Crippen LogP contribution >= 0.6 is 0 Å². The summed E-state index contributed by atoms with van der Waals surface area (Å²) in [4.78, 5) is 28.9. The molecule has 0 spiro atoms. The maximum absolute atomic E-state index is 14.5. The van der Waals surface area contributed by atoms with Crippen LogP contribution in [0, 0.1) is 23.3 Å². The zero-order valence-electron chi connectivity index (χ0n) is 16.0. The number of esters is 1. The van der Waals surface area contributed by atoms with E-state index in [4.69, 9.17) is 10.5 Å². The molecule has 0 bridgehead atoms. The number of nitrogens with zero attached hydrogens (tertiary/aromatic N) is 2. The summed E-state index contributed by atoms with van der Waals surface area (Å²) in [5.41, 5.74) is 3.66. The minimum atomic E-state index is -1.29. The normalized spacial score (nSPS) is 10.6. The van der Waals surface area contributed by atoms with Crippen molar-refractivity contribution in [2.75, 3.05) is 11.5 Å². The molecule has 2 aromatic carbocycles. The molecule has 0 aliphatic heterocycles. The molecule has 0 saturated carbocycles. The highest BCUT2D eigenvalue weighted by molar-refractivity contribution is 6.00. The van der Waals surface area contributed by atoms with Crippen LogP contribution in [0.3, 0.4) is 0 Å². The van der Waals surface area contributed by atoms with Crippen molar-refractivity contribution >= 4 is 23.5 Å². The first-order valence-corrected chi connectivity index (χ1v) is 8.91. The molecule has 31 heavy (non-hydrogen) atoms. The van der Waals surface area contributed by atoms with E-state index < -0.39 is 46.8 Å². The maximum Gasteiger partial charge on any atom is 0.340 e. The zero-order valence-corrected chi connectivity index (χ0v) is 16.0. The van der Waals surface area contributed by atoms with Crippen molar-refractivity contribution in [3.8, 4) is 11.3 Å². The molecule has 1 aromatic heterocycles. The summed E-state index contributed by atoms with van der Waals surface area (Å²) < 4.78 is 61.3. The van der Waals surface area contributed by atoms with Gasteiger partial charge in [-0.2, -0.15) is 0 Å². The Morgan fingerprint density at radius 2 is 1.68 bits per heavy atom. The first kappa shape index (κ1) is 21.8. The smallest absolute Gasteiger partial charge is 0.340 e. The first-order chi connectivity index (χ1) is 14.7. The number of benzene rings is 2. The number of para-hydroxylation sites is 1. The molecule has 0 saturated heterocycles. The lowest BCUT2D eigenvalue weighted by atomic mass is 10.0. The van der Waals surface area contributed by atoms with Crippen LogP contribution in [0.5, 0.6) is 0 Å². The van der Waals surface area contributed by atoms with E-state index in [9.17, 15) is 27.2 Å². The van der Waals surface area contributed by atoms with E-state index >= 15 is 0 Å². The average molecular weight is 433 g/mol. The third-order valence-corrected chi connectivity index (χ3v) is 4.17. The molecule has 6 nitrogen and oxygen atoms in total. The summed E-state index contributed by atoms with van der Waals surface area (Å²) >= 11 is 0. The van der Waals surface area contributed by atoms with Crippen molar-refractivity contribution in [3.05, 3.63) is 77.4 Å². The Morgan fingerprint density at radius 1 is 1.00 bits per heavy atom. The number of nitrogens with two attached hydrogens (primary N) is 1. The van der Waals surface area contributed by atoms with Gasteiger partial charge >= 0.3 is 12.0 Å². The molecule has 2 N–H and O–H groups in total. The van der Waals surface area contributed by atoms with Crippen molar-refractivity contribution < 1.29 is 31.9 Å². The summed E-state index contributed by atoms with van der Waals surface area (Å²) in [6.07, 6.45) is 0. The Kier molecular flexibility index (Phi) is 6.19. The minimum Gasteiger partial charge on any atom is -0.462 e. The third kappa shape index (κ3) is 4.32. The van der Waals surface area contributed by atoms with Gasteiger partial charge in [-0.1, -0.05) is 6.07 Å². The van der Waals surface area contributed by atoms with Crippen LogP contribution in [0.25, 0.3) is 11.3 Å². The fraction of sp³-hybridized carbons (Fsp3) is 0.0952. The van der Waals surface area contributed by atoms with Gasteiger partial charge < -0.3 is 10.5 Å². The highest BCUT2D eigenvalue weighted by Gasteiger charge is 2.27. The Morgan fingerprint density at radius 3 is 2.26 bits per heavy atom. The number of urea groups is 1. The number of amides is 2. The number of halogens is 4. The minimum absolute atomic E-state index is 0.000225. The molecular formula is C21H15F4N3O3. The van der Waals surface area contributed by atoms with Gasteiger partial charge in [0.1, 0.15) is 34.8 Å². The van der Waals surface area contributed by atoms with Crippen molar-refractivity contribution in [3.63, 3.8) is 0 Å². The van der Waals surface area contributed by atoms with Crippen LogP contribution < -0.4 is 10.6 Å². The van der Waals surface area contributed by atoms with Crippen LogP contribution in [-0.2, 0) is 4.74 Å². The number of aromatic nitrogens is 1. The van der Waals surface area contributed by atoms with E-state index in [2.05, 4.69) is 4.98 Å². The van der Waals surface area contributed by atoms with Gasteiger partial charge in [-0.3, -0.25) is 0 Å². The molecule has 3 rings (SSSR count). The fourth-order valence-electron chi connectivity index (χ4n) is 2.87. The molecule has 0 radical (unpaired) electrons. The third-order valence-electron chi connectivity index (χ3n) is 4.17. The second-order valence-electron chi connectivity index (χ2n) is 6.15. The molecule has 1 heterocycles. The van der Waals surface area contributed by atoms with Gasteiger partial charge in [0.25, 0.3) is 0 Å². The predicted octanol–water partition coefficient (Wildman–Crippen LogP) is 4.70. The maximum atomic E-state index is 14.5. The highest BCUT2D eigenvalue weighted by Crippen LogP contribution is 2.33. The fourth-order valence-corrected chi connectivity index (χ4v) is 2.87. The van der Waals surface area contributed by atoms with E-state index in [0.717, 1.165) is 42.5 Å². The number of carbonyl (C=O) groups is 2. The van der Waals surface area contributed by atoms with E-state index in [-0.39, 0.29) is 23.4 Å². The Labute approximate surface area is 173 Å². The molecular weight excluding hydrogens is 418 g/mol. The number of hydrogen-bond donors (Lipinski definition) is 1. The lowest BCUT2D eigenvalue weighted by molar-refractivity contribution is 0.0527. The molecule has 0 aliphatic carbocycles. The monoisotopic (exact) mass is 433 g/mol. The molecule has 0 aliphatic rings. The largest absolute Gasteiger partial charge is 0.462 e. The number of anilines is 2. The molecule has 10 heteroatoms. The summed E-state index contributed by atoms with van der Waals surface area (Å²) in [6, 6.07) is 6.36. The highest BCUT2D eigenvalue weighted by atomic mass is 19.1. The topological polar surface area (TPSA) is 85.5 Å². The summed E-state index contributed by atoms with van der Waals surface area (Å²) in [6.45, 7) is 1.55. The van der Waals surface area contributed by atoms with Gasteiger partial charge in [0, 0.05) is 11.6 Å². The van der Waals surface area contributed by atoms with Crippen LogP contribution in [0.15, 0.2) is 48.5 Å². The van der Waals surface area contributed by atoms with Gasteiger partial charge in [-0.05, 0) is 43.3 Å². The van der Waals surface area contributed by atoms with Gasteiger partial charge in [0.2, 0.25) is 0 Å². The first-order valence-electron chi connectivity index (χ1n) is 8.91. The summed E-state index contributed by atoms with van der Waals surface area (Å²) in [5, 5.41) is 0. The van der Waals surface area contributed by atoms with Crippen LogP contribution in [0.4, 0.5) is 33.9 Å². The number of carbonyl (C=O) groups excluding carboxylic acids is 2. The van der Waals surface area contributed by atoms with Crippen LogP contribution in [0.1, 0.15) is 17.3 Å². The SMILES string of the molecule is CCOC(=O)c1ccc(N(C(N)=O)c2c(F)cccc2F)nc1-c1ccc(F)cc1F. The Hall–Kier alpha value is -3.95. The van der Waals surface area contributed by atoms with Gasteiger partial charge in [0.05, 0.1) is 17.9 Å². The zero-order chi connectivity index (χ0) is 22.7. The van der Waals surface area contributed by atoms with Crippen molar-refractivity contribution in [1.82, 2.24) is 4.98 Å². The number of rotatable bonds is 5. The molecule has 160 valence electrons. The standard InChI is InChI=1S/C21H15F4N3O3/c1-2-31-20(29)13-8-9-17(27-18(13)12-7-6-11(22)10-16(12)25)28(21(26)30)19-14(23)4-3-5-15(19)24/h3-10H,2H2,1H3,(H2,26,30). The van der Waals surface area contributed by atoms with Gasteiger partial charge in [-0.25, -0.2) is 37.0 Å². The number of primary amides is 1.